The van der Waals surface area contributed by atoms with Gasteiger partial charge in [-0.15, -0.1) is 0 Å². The first-order chi connectivity index (χ1) is 9.36. The molecule has 1 N–H and O–H groups in total. The lowest BCUT2D eigenvalue weighted by atomic mass is 9.90. The summed E-state index contributed by atoms with van der Waals surface area (Å²) in [5, 5.41) is 4.38. The van der Waals surface area contributed by atoms with Gasteiger partial charge in [0.25, 0.3) is 0 Å². The molecule has 2 unspecified atom stereocenters. The maximum absolute atomic E-state index is 3.53. The molecule has 2 heterocycles. The first-order valence-corrected chi connectivity index (χ1v) is 8.58. The SMILES string of the molecule is CCC1CN(CC2CCNc3ccccc32)CCS1. The Balaban J connectivity index is 1.67. The molecule has 3 rings (SSSR count). The number of hydrogen-bond acceptors (Lipinski definition) is 3. The number of nitrogens with one attached hydrogen (secondary N) is 1. The minimum absolute atomic E-state index is 0.720. The third-order valence-electron chi connectivity index (χ3n) is 4.37. The number of rotatable bonds is 3. The van der Waals surface area contributed by atoms with E-state index in [1.165, 1.54) is 49.5 Å². The first kappa shape index (κ1) is 13.3. The van der Waals surface area contributed by atoms with Crippen molar-refractivity contribution in [2.75, 3.05) is 37.2 Å². The molecule has 0 spiro atoms. The molecule has 0 aromatic heterocycles. The van der Waals surface area contributed by atoms with E-state index in [9.17, 15) is 0 Å². The van der Waals surface area contributed by atoms with Gasteiger partial charge in [0, 0.05) is 48.8 Å². The highest BCUT2D eigenvalue weighted by atomic mass is 32.2. The third kappa shape index (κ3) is 3.09. The summed E-state index contributed by atoms with van der Waals surface area (Å²) < 4.78 is 0. The van der Waals surface area contributed by atoms with Crippen molar-refractivity contribution in [3.63, 3.8) is 0 Å². The predicted octanol–water partition coefficient (Wildman–Crippen LogP) is 3.41. The monoisotopic (exact) mass is 276 g/mol. The summed E-state index contributed by atoms with van der Waals surface area (Å²) in [6, 6.07) is 8.85. The van der Waals surface area contributed by atoms with Crippen LogP contribution in [0, 0.1) is 0 Å². The highest BCUT2D eigenvalue weighted by molar-refractivity contribution is 8.00. The van der Waals surface area contributed by atoms with Gasteiger partial charge in [-0.25, -0.2) is 0 Å². The molecule has 0 radical (unpaired) electrons. The fourth-order valence-corrected chi connectivity index (χ4v) is 4.49. The van der Waals surface area contributed by atoms with Crippen LogP contribution >= 0.6 is 11.8 Å². The zero-order valence-corrected chi connectivity index (χ0v) is 12.6. The van der Waals surface area contributed by atoms with Gasteiger partial charge in [-0.3, -0.25) is 0 Å². The number of nitrogens with zero attached hydrogens (tertiary/aromatic N) is 1. The van der Waals surface area contributed by atoms with E-state index in [0.29, 0.717) is 0 Å². The van der Waals surface area contributed by atoms with Gasteiger partial charge in [-0.2, -0.15) is 11.8 Å². The minimum atomic E-state index is 0.720. The maximum atomic E-state index is 3.53. The van der Waals surface area contributed by atoms with Gasteiger partial charge < -0.3 is 10.2 Å². The van der Waals surface area contributed by atoms with Crippen LogP contribution in [0.4, 0.5) is 5.69 Å². The van der Waals surface area contributed by atoms with Crippen LogP contribution in [0.25, 0.3) is 0 Å². The van der Waals surface area contributed by atoms with Gasteiger partial charge in [0.05, 0.1) is 0 Å². The molecule has 1 saturated heterocycles. The van der Waals surface area contributed by atoms with Crippen molar-refractivity contribution in [3.05, 3.63) is 29.8 Å². The number of thioether (sulfide) groups is 1. The Bertz CT molecular complexity index is 421. The molecule has 0 bridgehead atoms. The molecule has 104 valence electrons. The van der Waals surface area contributed by atoms with Crippen LogP contribution in [0.3, 0.4) is 0 Å². The largest absolute Gasteiger partial charge is 0.385 e. The smallest absolute Gasteiger partial charge is 0.0376 e. The minimum Gasteiger partial charge on any atom is -0.385 e. The summed E-state index contributed by atoms with van der Waals surface area (Å²) in [6.45, 7) is 7.25. The molecule has 1 aromatic rings. The first-order valence-electron chi connectivity index (χ1n) is 7.53. The predicted molar refractivity (Wildman–Crippen MR) is 85.3 cm³/mol. The van der Waals surface area contributed by atoms with Crippen LogP contribution in [0.1, 0.15) is 31.2 Å². The van der Waals surface area contributed by atoms with E-state index >= 15 is 0 Å². The Morgan fingerprint density at radius 1 is 1.37 bits per heavy atom. The molecule has 2 atom stereocenters. The van der Waals surface area contributed by atoms with E-state index in [-0.39, 0.29) is 0 Å². The molecule has 2 aliphatic heterocycles. The van der Waals surface area contributed by atoms with Crippen LogP contribution in [-0.4, -0.2) is 42.1 Å². The van der Waals surface area contributed by atoms with Gasteiger partial charge >= 0.3 is 0 Å². The van der Waals surface area contributed by atoms with Crippen LogP contribution < -0.4 is 5.32 Å². The fraction of sp³-hybridized carbons (Fsp3) is 0.625. The quantitative estimate of drug-likeness (QED) is 0.911. The third-order valence-corrected chi connectivity index (χ3v) is 5.74. The molecule has 0 saturated carbocycles. The Kier molecular flexibility index (Phi) is 4.34. The number of benzene rings is 1. The van der Waals surface area contributed by atoms with E-state index in [1.807, 2.05) is 0 Å². The van der Waals surface area contributed by atoms with Crippen LogP contribution in [0.15, 0.2) is 24.3 Å². The Hall–Kier alpha value is -0.670. The van der Waals surface area contributed by atoms with Crippen LogP contribution in [0.2, 0.25) is 0 Å². The van der Waals surface area contributed by atoms with Crippen molar-refractivity contribution in [1.82, 2.24) is 4.90 Å². The van der Waals surface area contributed by atoms with Gasteiger partial charge in [0.15, 0.2) is 0 Å². The molecule has 0 aliphatic carbocycles. The lowest BCUT2D eigenvalue weighted by Gasteiger charge is -2.36. The Labute approximate surface area is 121 Å². The average Bonchev–Trinajstić information content (AvgIpc) is 2.48. The molecule has 19 heavy (non-hydrogen) atoms. The average molecular weight is 276 g/mol. The topological polar surface area (TPSA) is 15.3 Å². The molecule has 1 fully saturated rings. The van der Waals surface area contributed by atoms with Gasteiger partial charge in [-0.05, 0) is 24.5 Å². The zero-order chi connectivity index (χ0) is 13.1. The standard InChI is InChI=1S/C16H24N2S/c1-2-14-12-18(9-10-19-14)11-13-7-8-17-16-6-4-3-5-15(13)16/h3-6,13-14,17H,2,7-12H2,1H3. The number of anilines is 1. The number of para-hydroxylation sites is 1. The van der Waals surface area contributed by atoms with Crippen LogP contribution in [-0.2, 0) is 0 Å². The summed E-state index contributed by atoms with van der Waals surface area (Å²) in [7, 11) is 0. The second kappa shape index (κ2) is 6.19. The normalized spacial score (nSPS) is 27.6. The summed E-state index contributed by atoms with van der Waals surface area (Å²) >= 11 is 2.16. The molecule has 2 nitrogen and oxygen atoms in total. The van der Waals surface area contributed by atoms with Crippen molar-refractivity contribution in [3.8, 4) is 0 Å². The molecular formula is C16H24N2S. The van der Waals surface area contributed by atoms with Crippen molar-refractivity contribution < 1.29 is 0 Å². The van der Waals surface area contributed by atoms with E-state index in [0.717, 1.165) is 17.7 Å². The maximum Gasteiger partial charge on any atom is 0.0376 e. The lowest BCUT2D eigenvalue weighted by molar-refractivity contribution is 0.259. The van der Waals surface area contributed by atoms with Crippen molar-refractivity contribution in [1.29, 1.82) is 0 Å². The van der Waals surface area contributed by atoms with Gasteiger partial charge in [-0.1, -0.05) is 25.1 Å². The van der Waals surface area contributed by atoms with Gasteiger partial charge in [0.2, 0.25) is 0 Å². The Morgan fingerprint density at radius 2 is 2.26 bits per heavy atom. The van der Waals surface area contributed by atoms with Crippen molar-refractivity contribution >= 4 is 17.4 Å². The number of hydrogen-bond donors (Lipinski definition) is 1. The molecular weight excluding hydrogens is 252 g/mol. The highest BCUT2D eigenvalue weighted by Gasteiger charge is 2.25. The molecule has 1 aromatic carbocycles. The Morgan fingerprint density at radius 3 is 3.16 bits per heavy atom. The van der Waals surface area contributed by atoms with Crippen molar-refractivity contribution in [2.45, 2.75) is 30.9 Å². The second-order valence-corrected chi connectivity index (χ2v) is 7.07. The fourth-order valence-electron chi connectivity index (χ4n) is 3.25. The second-order valence-electron chi connectivity index (χ2n) is 5.66. The molecule has 3 heteroatoms. The van der Waals surface area contributed by atoms with E-state index in [2.05, 4.69) is 53.2 Å². The summed E-state index contributed by atoms with van der Waals surface area (Å²) in [4.78, 5) is 2.69. The van der Waals surface area contributed by atoms with E-state index in [1.54, 1.807) is 0 Å². The molecule has 2 aliphatic rings. The summed E-state index contributed by atoms with van der Waals surface area (Å²) in [6.07, 6.45) is 2.58. The molecule has 0 amide bonds. The van der Waals surface area contributed by atoms with Gasteiger partial charge in [0.1, 0.15) is 0 Å². The number of fused-ring (bicyclic) bond motifs is 1. The van der Waals surface area contributed by atoms with E-state index < -0.39 is 0 Å². The van der Waals surface area contributed by atoms with E-state index in [4.69, 9.17) is 0 Å². The highest BCUT2D eigenvalue weighted by Crippen LogP contribution is 2.33. The van der Waals surface area contributed by atoms with Crippen LogP contribution in [0.5, 0.6) is 0 Å². The summed E-state index contributed by atoms with van der Waals surface area (Å²) in [5.74, 6) is 2.03. The zero-order valence-electron chi connectivity index (χ0n) is 11.8. The summed E-state index contributed by atoms with van der Waals surface area (Å²) in [5.41, 5.74) is 2.89. The van der Waals surface area contributed by atoms with Crippen molar-refractivity contribution in [2.24, 2.45) is 0 Å². The lowest BCUT2D eigenvalue weighted by Crippen LogP contribution is -2.40.